The van der Waals surface area contributed by atoms with Gasteiger partial charge in [-0.25, -0.2) is 9.59 Å². The highest BCUT2D eigenvalue weighted by Crippen LogP contribution is 2.15. The maximum Gasteiger partial charge on any atom is 0.410 e. The van der Waals surface area contributed by atoms with Gasteiger partial charge in [-0.1, -0.05) is 6.07 Å². The molecule has 22 heavy (non-hydrogen) atoms. The lowest BCUT2D eigenvalue weighted by Gasteiger charge is -2.24. The van der Waals surface area contributed by atoms with E-state index in [4.69, 9.17) is 4.74 Å². The topological polar surface area (TPSA) is 70.7 Å². The Bertz CT molecular complexity index is 511. The van der Waals surface area contributed by atoms with Gasteiger partial charge in [0.1, 0.15) is 5.60 Å². The highest BCUT2D eigenvalue weighted by molar-refractivity contribution is 7.09. The van der Waals surface area contributed by atoms with Gasteiger partial charge in [0.25, 0.3) is 0 Å². The van der Waals surface area contributed by atoms with Crippen molar-refractivity contribution < 1.29 is 14.3 Å². The minimum absolute atomic E-state index is 0.0316. The summed E-state index contributed by atoms with van der Waals surface area (Å²) in [6, 6.07) is 3.69. The van der Waals surface area contributed by atoms with Crippen LogP contribution < -0.4 is 10.6 Å². The van der Waals surface area contributed by atoms with Crippen molar-refractivity contribution in [1.82, 2.24) is 15.5 Å². The summed E-state index contributed by atoms with van der Waals surface area (Å²) < 4.78 is 5.33. The molecule has 1 aromatic heterocycles. The molecule has 0 radical (unpaired) electrons. The van der Waals surface area contributed by atoms with Crippen LogP contribution in [0.25, 0.3) is 0 Å². The van der Waals surface area contributed by atoms with E-state index in [1.807, 2.05) is 38.3 Å². The van der Waals surface area contributed by atoms with E-state index in [1.165, 1.54) is 0 Å². The lowest BCUT2D eigenvalue weighted by atomic mass is 10.2. The number of thiophene rings is 1. The molecule has 3 amide bonds. The Hall–Kier alpha value is -1.76. The van der Waals surface area contributed by atoms with Crippen LogP contribution in [0.4, 0.5) is 9.59 Å². The summed E-state index contributed by atoms with van der Waals surface area (Å²) in [6.45, 7) is 7.14. The van der Waals surface area contributed by atoms with Crippen LogP contribution in [0.1, 0.15) is 32.1 Å². The molecule has 2 heterocycles. The van der Waals surface area contributed by atoms with E-state index in [2.05, 4.69) is 10.6 Å². The Kier molecular flexibility index (Phi) is 5.28. The van der Waals surface area contributed by atoms with Crippen LogP contribution in [0.15, 0.2) is 17.5 Å². The molecule has 0 bridgehead atoms. The third-order valence-electron chi connectivity index (χ3n) is 3.18. The SMILES string of the molecule is CC(C)(C)OC(=O)N1CC[C@H](NC(=O)NCc2cccs2)C1. The van der Waals surface area contributed by atoms with Crippen LogP contribution >= 0.6 is 11.3 Å². The van der Waals surface area contributed by atoms with Gasteiger partial charge < -0.3 is 20.3 Å². The van der Waals surface area contributed by atoms with Crippen LogP contribution in [-0.4, -0.2) is 41.8 Å². The molecule has 0 spiro atoms. The predicted octanol–water partition coefficient (Wildman–Crippen LogP) is 2.56. The lowest BCUT2D eigenvalue weighted by Crippen LogP contribution is -2.44. The van der Waals surface area contributed by atoms with Crippen molar-refractivity contribution in [2.75, 3.05) is 13.1 Å². The zero-order valence-electron chi connectivity index (χ0n) is 13.2. The summed E-state index contributed by atoms with van der Waals surface area (Å²) in [5.74, 6) is 0. The molecule has 0 saturated carbocycles. The molecule has 1 atom stereocenters. The minimum atomic E-state index is -0.499. The standard InChI is InChI=1S/C15H23N3O3S/c1-15(2,3)21-14(20)18-7-6-11(10-18)17-13(19)16-9-12-5-4-8-22-12/h4-5,8,11H,6-7,9-10H2,1-3H3,(H2,16,17,19)/t11-/m0/s1. The Labute approximate surface area is 134 Å². The first-order chi connectivity index (χ1) is 10.3. The Morgan fingerprint density at radius 3 is 2.86 bits per heavy atom. The number of hydrogen-bond acceptors (Lipinski definition) is 4. The van der Waals surface area contributed by atoms with E-state index in [1.54, 1.807) is 16.2 Å². The molecule has 0 aromatic carbocycles. The van der Waals surface area contributed by atoms with Gasteiger partial charge in [-0.3, -0.25) is 0 Å². The van der Waals surface area contributed by atoms with E-state index in [0.29, 0.717) is 19.6 Å². The van der Waals surface area contributed by atoms with Crippen LogP contribution in [0.5, 0.6) is 0 Å². The number of carbonyl (C=O) groups excluding carboxylic acids is 2. The van der Waals surface area contributed by atoms with E-state index < -0.39 is 5.60 Å². The number of hydrogen-bond donors (Lipinski definition) is 2. The number of nitrogens with one attached hydrogen (secondary N) is 2. The zero-order valence-corrected chi connectivity index (χ0v) is 14.0. The molecular weight excluding hydrogens is 302 g/mol. The molecule has 0 unspecified atom stereocenters. The number of amides is 3. The fourth-order valence-corrected chi connectivity index (χ4v) is 2.83. The van der Waals surface area contributed by atoms with Gasteiger partial charge in [0.05, 0.1) is 6.54 Å². The van der Waals surface area contributed by atoms with E-state index in [-0.39, 0.29) is 18.2 Å². The summed E-state index contributed by atoms with van der Waals surface area (Å²) >= 11 is 1.61. The van der Waals surface area contributed by atoms with Crippen molar-refractivity contribution in [2.45, 2.75) is 45.4 Å². The largest absolute Gasteiger partial charge is 0.444 e. The Balaban J connectivity index is 1.71. The van der Waals surface area contributed by atoms with Crippen LogP contribution in [0.3, 0.4) is 0 Å². The maximum atomic E-state index is 12.0. The van der Waals surface area contributed by atoms with Gasteiger partial charge in [0.15, 0.2) is 0 Å². The van der Waals surface area contributed by atoms with Crippen LogP contribution in [0.2, 0.25) is 0 Å². The van der Waals surface area contributed by atoms with Crippen molar-refractivity contribution in [3.8, 4) is 0 Å². The number of nitrogens with zero attached hydrogens (tertiary/aromatic N) is 1. The molecule has 1 fully saturated rings. The number of urea groups is 1. The monoisotopic (exact) mass is 325 g/mol. The highest BCUT2D eigenvalue weighted by Gasteiger charge is 2.30. The van der Waals surface area contributed by atoms with Gasteiger partial charge in [0, 0.05) is 24.0 Å². The predicted molar refractivity (Wildman–Crippen MR) is 85.9 cm³/mol. The van der Waals surface area contributed by atoms with Crippen molar-refractivity contribution >= 4 is 23.5 Å². The molecule has 1 aliphatic heterocycles. The number of rotatable bonds is 3. The summed E-state index contributed by atoms with van der Waals surface area (Å²) in [6.07, 6.45) is 0.418. The number of likely N-dealkylation sites (tertiary alicyclic amines) is 1. The average Bonchev–Trinajstić information content (AvgIpc) is 3.05. The molecule has 1 saturated heterocycles. The van der Waals surface area contributed by atoms with Crippen molar-refractivity contribution in [2.24, 2.45) is 0 Å². The second-order valence-electron chi connectivity index (χ2n) is 6.32. The first kappa shape index (κ1) is 16.6. The molecule has 2 rings (SSSR count). The normalized spacial score (nSPS) is 18.1. The highest BCUT2D eigenvalue weighted by atomic mass is 32.1. The summed E-state index contributed by atoms with van der Waals surface area (Å²) in [5.41, 5.74) is -0.499. The first-order valence-corrected chi connectivity index (χ1v) is 8.26. The minimum Gasteiger partial charge on any atom is -0.444 e. The third-order valence-corrected chi connectivity index (χ3v) is 4.05. The second kappa shape index (κ2) is 7.00. The smallest absolute Gasteiger partial charge is 0.410 e. The first-order valence-electron chi connectivity index (χ1n) is 7.38. The van der Waals surface area contributed by atoms with Crippen molar-refractivity contribution in [3.05, 3.63) is 22.4 Å². The van der Waals surface area contributed by atoms with Gasteiger partial charge in [-0.2, -0.15) is 0 Å². The average molecular weight is 325 g/mol. The molecule has 122 valence electrons. The molecule has 1 aliphatic rings. The molecule has 7 heteroatoms. The lowest BCUT2D eigenvalue weighted by molar-refractivity contribution is 0.0291. The van der Waals surface area contributed by atoms with Crippen molar-refractivity contribution in [1.29, 1.82) is 0 Å². The Morgan fingerprint density at radius 2 is 2.23 bits per heavy atom. The van der Waals surface area contributed by atoms with Crippen LogP contribution in [-0.2, 0) is 11.3 Å². The molecule has 2 N–H and O–H groups in total. The van der Waals surface area contributed by atoms with Crippen molar-refractivity contribution in [3.63, 3.8) is 0 Å². The summed E-state index contributed by atoms with van der Waals surface area (Å²) in [5, 5.41) is 7.69. The quantitative estimate of drug-likeness (QED) is 0.897. The van der Waals surface area contributed by atoms with E-state index in [9.17, 15) is 9.59 Å². The second-order valence-corrected chi connectivity index (χ2v) is 7.35. The van der Waals surface area contributed by atoms with Crippen LogP contribution in [0, 0.1) is 0 Å². The Morgan fingerprint density at radius 1 is 1.45 bits per heavy atom. The maximum absolute atomic E-state index is 12.0. The number of ether oxygens (including phenoxy) is 1. The molecule has 1 aromatic rings. The third kappa shape index (κ3) is 5.22. The zero-order chi connectivity index (χ0) is 16.2. The van der Waals surface area contributed by atoms with Gasteiger partial charge in [-0.15, -0.1) is 11.3 Å². The van der Waals surface area contributed by atoms with E-state index in [0.717, 1.165) is 11.3 Å². The molecule has 0 aliphatic carbocycles. The molecular formula is C15H23N3O3S. The summed E-state index contributed by atoms with van der Waals surface area (Å²) in [7, 11) is 0. The van der Waals surface area contributed by atoms with Gasteiger partial charge in [-0.05, 0) is 38.6 Å². The fourth-order valence-electron chi connectivity index (χ4n) is 2.19. The van der Waals surface area contributed by atoms with Gasteiger partial charge in [0.2, 0.25) is 0 Å². The fraction of sp³-hybridized carbons (Fsp3) is 0.600. The molecule has 6 nitrogen and oxygen atoms in total. The summed E-state index contributed by atoms with van der Waals surface area (Å²) in [4.78, 5) is 26.5. The van der Waals surface area contributed by atoms with E-state index >= 15 is 0 Å². The number of carbonyl (C=O) groups is 2. The van der Waals surface area contributed by atoms with Gasteiger partial charge >= 0.3 is 12.1 Å².